The van der Waals surface area contributed by atoms with Crippen molar-refractivity contribution in [3.8, 4) is 0 Å². The molecule has 1 N–H and O–H groups in total. The highest BCUT2D eigenvalue weighted by atomic mass is 16.5. The van der Waals surface area contributed by atoms with Crippen molar-refractivity contribution in [2.75, 3.05) is 18.4 Å². The smallest absolute Gasteiger partial charge is 0.227 e. The summed E-state index contributed by atoms with van der Waals surface area (Å²) in [6, 6.07) is 5.67. The molecule has 150 valence electrons. The van der Waals surface area contributed by atoms with Crippen LogP contribution in [0.2, 0.25) is 0 Å². The predicted octanol–water partition coefficient (Wildman–Crippen LogP) is 3.17. The molecule has 1 amide bonds. The lowest BCUT2D eigenvalue weighted by Crippen LogP contribution is -2.39. The van der Waals surface area contributed by atoms with Gasteiger partial charge in [0.05, 0.1) is 24.0 Å². The van der Waals surface area contributed by atoms with Crippen molar-refractivity contribution >= 4 is 17.5 Å². The molecular weight excluding hydrogens is 368 g/mol. The van der Waals surface area contributed by atoms with Crippen LogP contribution in [-0.2, 0) is 11.2 Å². The third-order valence-corrected chi connectivity index (χ3v) is 5.35. The summed E-state index contributed by atoms with van der Waals surface area (Å²) >= 11 is 0. The van der Waals surface area contributed by atoms with Crippen LogP contribution in [0.1, 0.15) is 41.5 Å². The summed E-state index contributed by atoms with van der Waals surface area (Å²) in [6.07, 6.45) is 7.32. The molecule has 1 aliphatic rings. The fourth-order valence-corrected chi connectivity index (χ4v) is 3.65. The number of anilines is 2. The fraction of sp³-hybridized carbons (Fsp3) is 0.381. The average Bonchev–Trinajstić information content (AvgIpc) is 3.07. The number of rotatable bonds is 5. The first-order valence-corrected chi connectivity index (χ1v) is 9.79. The summed E-state index contributed by atoms with van der Waals surface area (Å²) in [5.41, 5.74) is 2.64. The molecule has 8 nitrogen and oxygen atoms in total. The van der Waals surface area contributed by atoms with E-state index >= 15 is 0 Å². The lowest BCUT2D eigenvalue weighted by Gasteiger charge is -2.31. The van der Waals surface area contributed by atoms with Crippen molar-refractivity contribution in [2.24, 2.45) is 0 Å². The van der Waals surface area contributed by atoms with Crippen molar-refractivity contribution in [1.29, 1.82) is 0 Å². The van der Waals surface area contributed by atoms with Crippen molar-refractivity contribution in [3.05, 3.63) is 59.5 Å². The van der Waals surface area contributed by atoms with Crippen LogP contribution in [0.15, 0.2) is 41.3 Å². The van der Waals surface area contributed by atoms with Gasteiger partial charge in [0.2, 0.25) is 5.91 Å². The Bertz CT molecular complexity index is 960. The van der Waals surface area contributed by atoms with Crippen LogP contribution in [0, 0.1) is 13.8 Å². The van der Waals surface area contributed by atoms with Crippen LogP contribution in [0.25, 0.3) is 0 Å². The number of aryl methyl sites for hydroxylation is 2. The van der Waals surface area contributed by atoms with Crippen molar-refractivity contribution in [2.45, 2.75) is 39.0 Å². The first-order chi connectivity index (χ1) is 14.1. The molecule has 3 aromatic heterocycles. The van der Waals surface area contributed by atoms with Gasteiger partial charge in [-0.05, 0) is 38.8 Å². The Kier molecular flexibility index (Phi) is 5.50. The van der Waals surface area contributed by atoms with Gasteiger partial charge < -0.3 is 14.7 Å². The number of likely N-dealkylation sites (tertiary alicyclic amines) is 1. The van der Waals surface area contributed by atoms with E-state index in [1.807, 2.05) is 43.1 Å². The zero-order chi connectivity index (χ0) is 20.2. The standard InChI is InChI=1S/C21H24N6O2/c1-14-17(15(2)29-26-14)11-21(28)27-9-6-16(7-10-27)18-12-22-13-20(24-18)25-19-5-3-4-8-23-19/h3-5,8,12-13,16H,6-7,9-11H2,1-2H3,(H,23,24,25). The molecule has 0 unspecified atom stereocenters. The van der Waals surface area contributed by atoms with Crippen LogP contribution in [0.5, 0.6) is 0 Å². The number of carbonyl (C=O) groups excluding carboxylic acids is 1. The number of nitrogens with zero attached hydrogens (tertiary/aromatic N) is 5. The third-order valence-electron chi connectivity index (χ3n) is 5.35. The van der Waals surface area contributed by atoms with Crippen LogP contribution < -0.4 is 5.32 Å². The minimum absolute atomic E-state index is 0.120. The van der Waals surface area contributed by atoms with E-state index in [9.17, 15) is 4.79 Å². The van der Waals surface area contributed by atoms with Gasteiger partial charge in [-0.3, -0.25) is 9.78 Å². The summed E-state index contributed by atoms with van der Waals surface area (Å²) in [5, 5.41) is 7.11. The van der Waals surface area contributed by atoms with E-state index in [0.29, 0.717) is 25.3 Å². The van der Waals surface area contributed by atoms with Crippen molar-refractivity contribution in [3.63, 3.8) is 0 Å². The number of amides is 1. The number of aromatic nitrogens is 4. The summed E-state index contributed by atoms with van der Waals surface area (Å²) in [6.45, 7) is 5.15. The van der Waals surface area contributed by atoms with Gasteiger partial charge in [0.15, 0.2) is 0 Å². The molecule has 8 heteroatoms. The Morgan fingerprint density at radius 3 is 2.72 bits per heavy atom. The Morgan fingerprint density at radius 2 is 2.03 bits per heavy atom. The molecule has 3 aromatic rings. The van der Waals surface area contributed by atoms with Gasteiger partial charge >= 0.3 is 0 Å². The number of carbonyl (C=O) groups is 1. The van der Waals surface area contributed by atoms with Gasteiger partial charge in [-0.1, -0.05) is 11.2 Å². The zero-order valence-corrected chi connectivity index (χ0v) is 16.6. The average molecular weight is 392 g/mol. The normalized spacial score (nSPS) is 14.8. The Balaban J connectivity index is 1.36. The Labute approximate surface area is 169 Å². The fourth-order valence-electron chi connectivity index (χ4n) is 3.65. The summed E-state index contributed by atoms with van der Waals surface area (Å²) < 4.78 is 5.17. The quantitative estimate of drug-likeness (QED) is 0.712. The van der Waals surface area contributed by atoms with E-state index in [-0.39, 0.29) is 11.8 Å². The maximum Gasteiger partial charge on any atom is 0.227 e. The highest BCUT2D eigenvalue weighted by Crippen LogP contribution is 2.28. The lowest BCUT2D eigenvalue weighted by molar-refractivity contribution is -0.131. The van der Waals surface area contributed by atoms with E-state index in [1.165, 1.54) is 0 Å². The first-order valence-electron chi connectivity index (χ1n) is 9.79. The molecule has 0 aromatic carbocycles. The van der Waals surface area contributed by atoms with E-state index in [1.54, 1.807) is 12.4 Å². The Morgan fingerprint density at radius 1 is 1.21 bits per heavy atom. The largest absolute Gasteiger partial charge is 0.361 e. The molecule has 4 heterocycles. The molecule has 0 spiro atoms. The maximum atomic E-state index is 12.7. The van der Waals surface area contributed by atoms with Crippen LogP contribution in [0.4, 0.5) is 11.6 Å². The number of pyridine rings is 1. The van der Waals surface area contributed by atoms with Crippen LogP contribution >= 0.6 is 0 Å². The van der Waals surface area contributed by atoms with E-state index in [2.05, 4.69) is 20.4 Å². The van der Waals surface area contributed by atoms with Gasteiger partial charge in [0.1, 0.15) is 17.4 Å². The van der Waals surface area contributed by atoms with Gasteiger partial charge in [0, 0.05) is 37.0 Å². The molecule has 1 aliphatic heterocycles. The monoisotopic (exact) mass is 392 g/mol. The van der Waals surface area contributed by atoms with E-state index in [4.69, 9.17) is 9.51 Å². The molecule has 0 aliphatic carbocycles. The number of hydrogen-bond acceptors (Lipinski definition) is 7. The van der Waals surface area contributed by atoms with Gasteiger partial charge in [0.25, 0.3) is 0 Å². The van der Waals surface area contributed by atoms with Crippen LogP contribution in [0.3, 0.4) is 0 Å². The summed E-state index contributed by atoms with van der Waals surface area (Å²) in [5.74, 6) is 2.54. The van der Waals surface area contributed by atoms with E-state index in [0.717, 1.165) is 41.4 Å². The maximum absolute atomic E-state index is 12.7. The predicted molar refractivity (Wildman–Crippen MR) is 108 cm³/mol. The topological polar surface area (TPSA) is 97.0 Å². The summed E-state index contributed by atoms with van der Waals surface area (Å²) in [4.78, 5) is 27.9. The van der Waals surface area contributed by atoms with Crippen molar-refractivity contribution < 1.29 is 9.32 Å². The molecule has 0 saturated carbocycles. The molecular formula is C21H24N6O2. The van der Waals surface area contributed by atoms with Gasteiger partial charge in [-0.2, -0.15) is 0 Å². The lowest BCUT2D eigenvalue weighted by atomic mass is 9.93. The molecule has 0 bridgehead atoms. The third kappa shape index (κ3) is 4.42. The molecule has 4 rings (SSSR count). The minimum Gasteiger partial charge on any atom is -0.361 e. The molecule has 0 radical (unpaired) electrons. The second kappa shape index (κ2) is 8.38. The highest BCUT2D eigenvalue weighted by Gasteiger charge is 2.26. The zero-order valence-electron chi connectivity index (χ0n) is 16.6. The number of hydrogen-bond donors (Lipinski definition) is 1. The SMILES string of the molecule is Cc1noc(C)c1CC(=O)N1CCC(c2cncc(Nc3ccccn3)n2)CC1. The van der Waals surface area contributed by atoms with Gasteiger partial charge in [-0.25, -0.2) is 9.97 Å². The number of nitrogens with one attached hydrogen (secondary N) is 1. The van der Waals surface area contributed by atoms with Gasteiger partial charge in [-0.15, -0.1) is 0 Å². The molecule has 0 atom stereocenters. The minimum atomic E-state index is 0.120. The second-order valence-electron chi connectivity index (χ2n) is 7.30. The van der Waals surface area contributed by atoms with Crippen molar-refractivity contribution in [1.82, 2.24) is 25.0 Å². The second-order valence-corrected chi connectivity index (χ2v) is 7.30. The first kappa shape index (κ1) is 19.0. The molecule has 29 heavy (non-hydrogen) atoms. The highest BCUT2D eigenvalue weighted by molar-refractivity contribution is 5.79. The summed E-state index contributed by atoms with van der Waals surface area (Å²) in [7, 11) is 0. The van der Waals surface area contributed by atoms with E-state index < -0.39 is 0 Å². The van der Waals surface area contributed by atoms with Crippen LogP contribution in [-0.4, -0.2) is 44.0 Å². The Hall–Kier alpha value is -3.29. The molecule has 1 fully saturated rings. The number of piperidine rings is 1. The molecule has 1 saturated heterocycles.